The number of hydroxylamine groups is 2. The van der Waals surface area contributed by atoms with Crippen molar-refractivity contribution >= 4 is 17.8 Å². The van der Waals surface area contributed by atoms with Crippen molar-refractivity contribution in [1.82, 2.24) is 5.06 Å². The van der Waals surface area contributed by atoms with E-state index in [9.17, 15) is 14.4 Å². The number of esters is 1. The molecule has 0 radical (unpaired) electrons. The van der Waals surface area contributed by atoms with Crippen molar-refractivity contribution in [3.05, 3.63) is 48.6 Å². The van der Waals surface area contributed by atoms with Gasteiger partial charge in [-0.1, -0.05) is 24.3 Å². The molecule has 0 aromatic heterocycles. The van der Waals surface area contributed by atoms with E-state index in [-0.39, 0.29) is 12.0 Å². The van der Waals surface area contributed by atoms with Gasteiger partial charge in [0.25, 0.3) is 5.91 Å². The Labute approximate surface area is 129 Å². The Bertz CT molecular complexity index is 569. The first-order valence-corrected chi connectivity index (χ1v) is 6.64. The fraction of sp³-hybridized carbons (Fsp3) is 0.312. The number of hydrogen-bond acceptors (Lipinski definition) is 5. The van der Waals surface area contributed by atoms with Crippen molar-refractivity contribution in [3.63, 3.8) is 0 Å². The summed E-state index contributed by atoms with van der Waals surface area (Å²) < 4.78 is 4.71. The molecule has 0 spiro atoms. The molecule has 0 aliphatic carbocycles. The normalized spacial score (nSPS) is 12.7. The van der Waals surface area contributed by atoms with E-state index in [4.69, 9.17) is 9.57 Å². The molecule has 0 saturated carbocycles. The van der Waals surface area contributed by atoms with Gasteiger partial charge >= 0.3 is 11.9 Å². The zero-order valence-electron chi connectivity index (χ0n) is 12.9. The van der Waals surface area contributed by atoms with Crippen molar-refractivity contribution in [2.24, 2.45) is 0 Å². The molecule has 0 heterocycles. The third-order valence-corrected chi connectivity index (χ3v) is 3.08. The number of rotatable bonds is 5. The van der Waals surface area contributed by atoms with Crippen LogP contribution in [0.1, 0.15) is 30.6 Å². The van der Waals surface area contributed by atoms with Crippen LogP contribution in [0.25, 0.3) is 0 Å². The van der Waals surface area contributed by atoms with Crippen molar-refractivity contribution < 1.29 is 24.0 Å². The van der Waals surface area contributed by atoms with E-state index in [1.165, 1.54) is 27.0 Å². The molecular weight excluding hydrogens is 286 g/mol. The number of nitrogens with zero attached hydrogens (tertiary/aromatic N) is 1. The summed E-state index contributed by atoms with van der Waals surface area (Å²) in [4.78, 5) is 41.2. The Balaban J connectivity index is 3.11. The molecule has 1 atom stereocenters. The molecule has 1 aromatic carbocycles. The average molecular weight is 305 g/mol. The van der Waals surface area contributed by atoms with Gasteiger partial charge in [-0.05, 0) is 19.1 Å². The van der Waals surface area contributed by atoms with Crippen molar-refractivity contribution in [2.45, 2.75) is 25.8 Å². The van der Waals surface area contributed by atoms with Crippen molar-refractivity contribution in [3.8, 4) is 0 Å². The second-order valence-electron chi connectivity index (χ2n) is 4.82. The molecule has 1 unspecified atom stereocenters. The molecule has 22 heavy (non-hydrogen) atoms. The summed E-state index contributed by atoms with van der Waals surface area (Å²) in [7, 11) is 1.20. The van der Waals surface area contributed by atoms with E-state index >= 15 is 0 Å². The molecule has 0 bridgehead atoms. The van der Waals surface area contributed by atoms with Gasteiger partial charge in [-0.25, -0.2) is 9.59 Å². The Morgan fingerprint density at radius 2 is 1.86 bits per heavy atom. The predicted octanol–water partition coefficient (Wildman–Crippen LogP) is 2.11. The second-order valence-corrected chi connectivity index (χ2v) is 4.82. The van der Waals surface area contributed by atoms with E-state index in [2.05, 4.69) is 6.58 Å². The highest BCUT2D eigenvalue weighted by molar-refractivity contribution is 5.92. The Hall–Kier alpha value is -2.63. The maximum Gasteiger partial charge on any atom is 0.363 e. The maximum absolute atomic E-state index is 12.1. The Morgan fingerprint density at radius 1 is 1.27 bits per heavy atom. The number of amides is 1. The lowest BCUT2D eigenvalue weighted by atomic mass is 9.97. The van der Waals surface area contributed by atoms with Crippen LogP contribution in [0.5, 0.6) is 0 Å². The Morgan fingerprint density at radius 3 is 2.32 bits per heavy atom. The molecule has 0 saturated heterocycles. The third kappa shape index (κ3) is 3.72. The number of ether oxygens (including phenoxy) is 1. The zero-order chi connectivity index (χ0) is 16.8. The minimum atomic E-state index is -1.48. The molecular formula is C16H19NO5. The zero-order valence-corrected chi connectivity index (χ0v) is 12.9. The van der Waals surface area contributed by atoms with Gasteiger partial charge in [-0.3, -0.25) is 4.79 Å². The topological polar surface area (TPSA) is 72.9 Å². The van der Waals surface area contributed by atoms with Crippen LogP contribution in [0.15, 0.2) is 43.0 Å². The van der Waals surface area contributed by atoms with Crippen LogP contribution in [0.2, 0.25) is 0 Å². The lowest BCUT2D eigenvalue weighted by Gasteiger charge is -2.35. The highest BCUT2D eigenvalue weighted by Crippen LogP contribution is 2.23. The van der Waals surface area contributed by atoms with Gasteiger partial charge in [0.05, 0.1) is 12.7 Å². The van der Waals surface area contributed by atoms with E-state index < -0.39 is 23.4 Å². The largest absolute Gasteiger partial charge is 0.467 e. The van der Waals surface area contributed by atoms with E-state index in [0.717, 1.165) is 5.06 Å². The SMILES string of the molecule is C=CCC(C)(C(=O)OC)N(OC(=O)c1ccccc1)C(C)=O. The molecule has 1 rings (SSSR count). The summed E-state index contributed by atoms with van der Waals surface area (Å²) in [5.41, 5.74) is -1.22. The molecule has 118 valence electrons. The minimum Gasteiger partial charge on any atom is -0.467 e. The molecule has 6 heteroatoms. The molecule has 6 nitrogen and oxygen atoms in total. The Kier molecular flexibility index (Phi) is 5.86. The van der Waals surface area contributed by atoms with Gasteiger partial charge in [0, 0.05) is 13.3 Å². The van der Waals surface area contributed by atoms with Crippen molar-refractivity contribution in [1.29, 1.82) is 0 Å². The summed E-state index contributed by atoms with van der Waals surface area (Å²) in [5.74, 6) is -2.04. The quantitative estimate of drug-likeness (QED) is 0.473. The summed E-state index contributed by atoms with van der Waals surface area (Å²) in [6.07, 6.45) is 1.52. The van der Waals surface area contributed by atoms with E-state index in [1.54, 1.807) is 30.3 Å². The van der Waals surface area contributed by atoms with Crippen LogP contribution in [-0.4, -0.2) is 35.6 Å². The monoisotopic (exact) mass is 305 g/mol. The first-order chi connectivity index (χ1) is 10.4. The van der Waals surface area contributed by atoms with E-state index in [1.807, 2.05) is 0 Å². The van der Waals surface area contributed by atoms with Crippen molar-refractivity contribution in [2.75, 3.05) is 7.11 Å². The first-order valence-electron chi connectivity index (χ1n) is 6.64. The number of methoxy groups -OCH3 is 1. The third-order valence-electron chi connectivity index (χ3n) is 3.08. The van der Waals surface area contributed by atoms with Crippen LogP contribution < -0.4 is 0 Å². The van der Waals surface area contributed by atoms with Gasteiger partial charge in [0.1, 0.15) is 0 Å². The van der Waals surface area contributed by atoms with Gasteiger partial charge in [-0.15, -0.1) is 6.58 Å². The van der Waals surface area contributed by atoms with Crippen LogP contribution >= 0.6 is 0 Å². The van der Waals surface area contributed by atoms with Gasteiger partial charge in [-0.2, -0.15) is 5.06 Å². The molecule has 0 aliphatic rings. The number of carbonyl (C=O) groups is 3. The molecule has 1 aromatic rings. The summed E-state index contributed by atoms with van der Waals surface area (Å²) in [5, 5.41) is 0.732. The first kappa shape index (κ1) is 17.4. The molecule has 0 fully saturated rings. The number of hydrogen-bond donors (Lipinski definition) is 0. The lowest BCUT2D eigenvalue weighted by molar-refractivity contribution is -0.203. The van der Waals surface area contributed by atoms with Crippen LogP contribution in [-0.2, 0) is 19.2 Å². The predicted molar refractivity (Wildman–Crippen MR) is 79.6 cm³/mol. The number of carbonyl (C=O) groups excluding carboxylic acids is 3. The van der Waals surface area contributed by atoms with Gasteiger partial charge < -0.3 is 9.57 Å². The maximum atomic E-state index is 12.1. The highest BCUT2D eigenvalue weighted by Gasteiger charge is 2.44. The van der Waals surface area contributed by atoms with Crippen LogP contribution in [0.3, 0.4) is 0 Å². The molecule has 1 amide bonds. The van der Waals surface area contributed by atoms with E-state index in [0.29, 0.717) is 0 Å². The molecule has 0 aliphatic heterocycles. The van der Waals surface area contributed by atoms with Gasteiger partial charge in [0.2, 0.25) is 0 Å². The fourth-order valence-electron chi connectivity index (χ4n) is 1.97. The standard InChI is InChI=1S/C16H19NO5/c1-5-11-16(3,15(20)21-4)17(12(2)18)22-14(19)13-9-7-6-8-10-13/h5-10H,1,11H2,2-4H3. The van der Waals surface area contributed by atoms with Crippen LogP contribution in [0, 0.1) is 0 Å². The summed E-state index contributed by atoms with van der Waals surface area (Å²) in [6, 6.07) is 8.17. The van der Waals surface area contributed by atoms with Gasteiger partial charge in [0.15, 0.2) is 5.54 Å². The fourth-order valence-corrected chi connectivity index (χ4v) is 1.97. The second kappa shape index (κ2) is 7.40. The average Bonchev–Trinajstić information content (AvgIpc) is 2.52. The smallest absolute Gasteiger partial charge is 0.363 e. The summed E-state index contributed by atoms with van der Waals surface area (Å²) in [6.45, 7) is 6.20. The molecule has 0 N–H and O–H groups in total. The lowest BCUT2D eigenvalue weighted by Crippen LogP contribution is -2.55. The number of benzene rings is 1. The van der Waals surface area contributed by atoms with Crippen LogP contribution in [0.4, 0.5) is 0 Å². The minimum absolute atomic E-state index is 0.0708. The summed E-state index contributed by atoms with van der Waals surface area (Å²) >= 11 is 0. The highest BCUT2D eigenvalue weighted by atomic mass is 16.7.